The zero-order valence-corrected chi connectivity index (χ0v) is 26.2. The molecule has 0 amide bonds. The van der Waals surface area contributed by atoms with Crippen molar-refractivity contribution in [3.63, 3.8) is 0 Å². The molecule has 6 heteroatoms. The molecule has 0 radical (unpaired) electrons. The molecule has 0 saturated heterocycles. The van der Waals surface area contributed by atoms with Crippen LogP contribution in [0, 0.1) is 0 Å². The van der Waals surface area contributed by atoms with Crippen molar-refractivity contribution in [1.82, 2.24) is 0 Å². The van der Waals surface area contributed by atoms with Crippen LogP contribution in [0.25, 0.3) is 0 Å². The first-order valence-corrected chi connectivity index (χ1v) is 17.4. The van der Waals surface area contributed by atoms with Gasteiger partial charge in [-0.05, 0) is 67.1 Å². The Morgan fingerprint density at radius 2 is 1.49 bits per heavy atom. The SMILES string of the molecule is CC[C@@H]1O[C@@H](CCOCc2ccccc2)[C@H](O[Si](C)(C)C(C)(C)C)C/C=C\C[C@H]1OCc1ccc(OC)cc1. The molecule has 1 heterocycles. The first kappa shape index (κ1) is 31.6. The summed E-state index contributed by atoms with van der Waals surface area (Å²) in [5, 5.41) is 0.123. The highest BCUT2D eigenvalue weighted by atomic mass is 28.4. The minimum Gasteiger partial charge on any atom is -0.497 e. The minimum atomic E-state index is -2.00. The van der Waals surface area contributed by atoms with E-state index in [0.717, 1.165) is 37.0 Å². The number of hydrogen-bond donors (Lipinski definition) is 0. The van der Waals surface area contributed by atoms with Gasteiger partial charge in [-0.15, -0.1) is 0 Å². The maximum Gasteiger partial charge on any atom is 0.192 e. The molecule has 2 aromatic rings. The van der Waals surface area contributed by atoms with Gasteiger partial charge in [-0.1, -0.05) is 82.3 Å². The summed E-state index contributed by atoms with van der Waals surface area (Å²) >= 11 is 0. The monoisotopic (exact) mass is 554 g/mol. The predicted molar refractivity (Wildman–Crippen MR) is 162 cm³/mol. The Labute approximate surface area is 238 Å². The third-order valence-corrected chi connectivity index (χ3v) is 12.5. The van der Waals surface area contributed by atoms with Gasteiger partial charge < -0.3 is 23.4 Å². The van der Waals surface area contributed by atoms with E-state index < -0.39 is 8.32 Å². The molecule has 0 unspecified atom stereocenters. The van der Waals surface area contributed by atoms with Crippen molar-refractivity contribution in [2.24, 2.45) is 0 Å². The molecular formula is C33H50O5Si. The molecule has 1 aliphatic heterocycles. The van der Waals surface area contributed by atoms with E-state index in [1.54, 1.807) is 7.11 Å². The fourth-order valence-corrected chi connectivity index (χ4v) is 5.88. The van der Waals surface area contributed by atoms with E-state index in [1.807, 2.05) is 30.3 Å². The van der Waals surface area contributed by atoms with Crippen molar-refractivity contribution in [3.8, 4) is 5.75 Å². The highest BCUT2D eigenvalue weighted by molar-refractivity contribution is 6.74. The summed E-state index contributed by atoms with van der Waals surface area (Å²) in [5.41, 5.74) is 2.31. The van der Waals surface area contributed by atoms with Gasteiger partial charge in [0, 0.05) is 6.61 Å². The maximum absolute atomic E-state index is 7.00. The Bertz CT molecular complexity index is 983. The van der Waals surface area contributed by atoms with Gasteiger partial charge in [0.25, 0.3) is 0 Å². The Morgan fingerprint density at radius 3 is 2.10 bits per heavy atom. The lowest BCUT2D eigenvalue weighted by atomic mass is 10.1. The quantitative estimate of drug-likeness (QED) is 0.151. The van der Waals surface area contributed by atoms with Crippen LogP contribution in [-0.2, 0) is 31.9 Å². The lowest BCUT2D eigenvalue weighted by Gasteiger charge is -2.42. The number of rotatable bonds is 12. The summed E-state index contributed by atoms with van der Waals surface area (Å²) < 4.78 is 31.8. The van der Waals surface area contributed by atoms with Crippen molar-refractivity contribution >= 4 is 8.32 Å². The smallest absolute Gasteiger partial charge is 0.192 e. The van der Waals surface area contributed by atoms with E-state index in [4.69, 9.17) is 23.4 Å². The lowest BCUT2D eigenvalue weighted by Crippen LogP contribution is -2.49. The van der Waals surface area contributed by atoms with Crippen molar-refractivity contribution in [2.75, 3.05) is 13.7 Å². The summed E-state index contributed by atoms with van der Waals surface area (Å²) in [6.07, 6.45) is 7.66. The average Bonchev–Trinajstić information content (AvgIpc) is 2.99. The van der Waals surface area contributed by atoms with E-state index in [2.05, 4.69) is 77.2 Å². The van der Waals surface area contributed by atoms with Crippen molar-refractivity contribution in [2.45, 2.75) is 109 Å². The molecule has 3 rings (SSSR count). The molecule has 0 aromatic heterocycles. The maximum atomic E-state index is 7.00. The Kier molecular flexibility index (Phi) is 12.3. The highest BCUT2D eigenvalue weighted by Crippen LogP contribution is 2.39. The highest BCUT2D eigenvalue weighted by Gasteiger charge is 2.41. The molecule has 0 spiro atoms. The zero-order chi connectivity index (χ0) is 28.3. The number of benzene rings is 2. The number of hydrogen-bond acceptors (Lipinski definition) is 5. The van der Waals surface area contributed by atoms with E-state index in [0.29, 0.717) is 19.8 Å². The average molecular weight is 555 g/mol. The van der Waals surface area contributed by atoms with Gasteiger partial charge in [0.1, 0.15) is 5.75 Å². The molecule has 0 fully saturated rings. The second-order valence-corrected chi connectivity index (χ2v) is 16.8. The van der Waals surface area contributed by atoms with Crippen LogP contribution < -0.4 is 4.74 Å². The molecule has 1 aliphatic rings. The Morgan fingerprint density at radius 1 is 0.846 bits per heavy atom. The van der Waals surface area contributed by atoms with E-state index in [1.165, 1.54) is 5.56 Å². The summed E-state index contributed by atoms with van der Waals surface area (Å²) in [6.45, 7) is 15.5. The first-order chi connectivity index (χ1) is 18.6. The van der Waals surface area contributed by atoms with Crippen LogP contribution in [0.1, 0.15) is 64.5 Å². The van der Waals surface area contributed by atoms with Crippen LogP contribution in [-0.4, -0.2) is 46.4 Å². The normalized spacial score (nSPS) is 23.5. The topological polar surface area (TPSA) is 46.2 Å². The summed E-state index contributed by atoms with van der Waals surface area (Å²) in [4.78, 5) is 0. The Balaban J connectivity index is 1.72. The van der Waals surface area contributed by atoms with Crippen molar-refractivity contribution in [1.29, 1.82) is 0 Å². The van der Waals surface area contributed by atoms with Gasteiger partial charge >= 0.3 is 0 Å². The molecule has 0 N–H and O–H groups in total. The van der Waals surface area contributed by atoms with Crippen LogP contribution in [0.2, 0.25) is 18.1 Å². The van der Waals surface area contributed by atoms with Crippen LogP contribution in [0.15, 0.2) is 66.7 Å². The summed E-state index contributed by atoms with van der Waals surface area (Å²) in [5.74, 6) is 0.851. The van der Waals surface area contributed by atoms with E-state index >= 15 is 0 Å². The van der Waals surface area contributed by atoms with Gasteiger partial charge in [0.05, 0.1) is 44.7 Å². The van der Waals surface area contributed by atoms with Crippen molar-refractivity contribution < 1.29 is 23.4 Å². The van der Waals surface area contributed by atoms with Crippen LogP contribution >= 0.6 is 0 Å². The molecule has 0 aliphatic carbocycles. The summed E-state index contributed by atoms with van der Waals surface area (Å²) in [7, 11) is -0.318. The molecule has 0 bridgehead atoms. The molecule has 0 saturated carbocycles. The van der Waals surface area contributed by atoms with Gasteiger partial charge in [-0.2, -0.15) is 0 Å². The standard InChI is InChI=1S/C33H50O5Si/c1-8-29-30(36-25-27-18-20-28(34-5)21-19-27)16-12-13-17-32(38-39(6,7)33(2,3)4)31(37-29)22-23-35-24-26-14-10-9-11-15-26/h9-15,18-21,29-32H,8,16-17,22-25H2,1-7H3/b13-12-/t29-,30+,31-,32+/m0/s1. The molecule has 216 valence electrons. The molecule has 2 aromatic carbocycles. The van der Waals surface area contributed by atoms with Gasteiger partial charge in [-0.25, -0.2) is 0 Å². The third kappa shape index (κ3) is 9.87. The molecular weight excluding hydrogens is 504 g/mol. The zero-order valence-electron chi connectivity index (χ0n) is 25.2. The third-order valence-electron chi connectivity index (χ3n) is 8.02. The molecule has 39 heavy (non-hydrogen) atoms. The van der Waals surface area contributed by atoms with Gasteiger partial charge in [-0.3, -0.25) is 0 Å². The number of methoxy groups -OCH3 is 1. The second-order valence-electron chi connectivity index (χ2n) is 12.0. The summed E-state index contributed by atoms with van der Waals surface area (Å²) in [6, 6.07) is 18.4. The first-order valence-electron chi connectivity index (χ1n) is 14.5. The Hall–Kier alpha value is -1.96. The van der Waals surface area contributed by atoms with Crippen LogP contribution in [0.4, 0.5) is 0 Å². The second kappa shape index (κ2) is 15.2. The fraction of sp³-hybridized carbons (Fsp3) is 0.576. The largest absolute Gasteiger partial charge is 0.497 e. The van der Waals surface area contributed by atoms with Gasteiger partial charge in [0.15, 0.2) is 8.32 Å². The van der Waals surface area contributed by atoms with E-state index in [9.17, 15) is 0 Å². The lowest BCUT2D eigenvalue weighted by molar-refractivity contribution is -0.137. The van der Waals surface area contributed by atoms with Crippen LogP contribution in [0.3, 0.4) is 0 Å². The molecule has 4 atom stereocenters. The van der Waals surface area contributed by atoms with Crippen molar-refractivity contribution in [3.05, 3.63) is 77.9 Å². The van der Waals surface area contributed by atoms with E-state index in [-0.39, 0.29) is 29.5 Å². The molecule has 5 nitrogen and oxygen atoms in total. The predicted octanol–water partition coefficient (Wildman–Crippen LogP) is 8.09. The number of ether oxygens (including phenoxy) is 4. The van der Waals surface area contributed by atoms with Gasteiger partial charge in [0.2, 0.25) is 0 Å². The van der Waals surface area contributed by atoms with Crippen LogP contribution in [0.5, 0.6) is 5.75 Å². The fourth-order valence-electron chi connectivity index (χ4n) is 4.52. The minimum absolute atomic E-state index is 0.0168.